The zero-order chi connectivity index (χ0) is 12.0. The first-order chi connectivity index (χ1) is 7.66. The zero-order valence-electron chi connectivity index (χ0n) is 10.3. The topological polar surface area (TPSA) is 18.5 Å². The molecule has 0 amide bonds. The molecule has 0 aliphatic rings. The van der Waals surface area contributed by atoms with E-state index in [0.717, 1.165) is 5.56 Å². The van der Waals surface area contributed by atoms with Gasteiger partial charge in [-0.05, 0) is 31.1 Å². The third-order valence-corrected chi connectivity index (χ3v) is 5.57. The van der Waals surface area contributed by atoms with Crippen LogP contribution in [0.25, 0.3) is 6.08 Å². The second kappa shape index (κ2) is 5.99. The van der Waals surface area contributed by atoms with Crippen LogP contribution in [0.1, 0.15) is 19.4 Å². The van der Waals surface area contributed by atoms with Crippen LogP contribution < -0.4 is 5.19 Å². The van der Waals surface area contributed by atoms with Crippen molar-refractivity contribution in [1.29, 1.82) is 0 Å². The van der Waals surface area contributed by atoms with Crippen molar-refractivity contribution in [3.8, 4) is 0 Å². The molecule has 0 atom stereocenters. The van der Waals surface area contributed by atoms with Crippen molar-refractivity contribution in [1.82, 2.24) is 0 Å². The highest BCUT2D eigenvalue weighted by Crippen LogP contribution is 2.09. The zero-order valence-corrected chi connectivity index (χ0v) is 11.3. The molecule has 0 spiro atoms. The van der Waals surface area contributed by atoms with Crippen molar-refractivity contribution in [2.24, 2.45) is 0 Å². The lowest BCUT2D eigenvalue weighted by Crippen LogP contribution is -2.51. The van der Waals surface area contributed by atoms with Gasteiger partial charge in [-0.1, -0.05) is 36.9 Å². The van der Waals surface area contributed by atoms with Crippen molar-refractivity contribution in [2.75, 3.05) is 13.2 Å². The molecule has 1 aromatic rings. The van der Waals surface area contributed by atoms with Crippen LogP contribution in [0.3, 0.4) is 0 Å². The minimum Gasteiger partial charge on any atom is -0.391 e. The molecule has 88 valence electrons. The Bertz CT molecular complexity index is 326. The van der Waals surface area contributed by atoms with E-state index in [1.54, 1.807) is 0 Å². The van der Waals surface area contributed by atoms with Gasteiger partial charge in [0.1, 0.15) is 0 Å². The quantitative estimate of drug-likeness (QED) is 0.707. The monoisotopic (exact) mass is 236 g/mol. The number of hydrogen-bond donors (Lipinski definition) is 0. The van der Waals surface area contributed by atoms with Crippen LogP contribution >= 0.6 is 0 Å². The molecule has 0 aromatic heterocycles. The standard InChI is InChI=1S/C13H20O2Si/c1-5-12-8-10-13(11-9-12)16(4,14-6-2)15-7-3/h5,8-11H,1,6-7H2,2-4H3. The Morgan fingerprint density at radius 3 is 2.00 bits per heavy atom. The summed E-state index contributed by atoms with van der Waals surface area (Å²) in [5, 5.41) is 1.17. The molecular formula is C13H20O2Si. The molecule has 0 heterocycles. The van der Waals surface area contributed by atoms with E-state index in [4.69, 9.17) is 8.85 Å². The highest BCUT2D eigenvalue weighted by atomic mass is 28.4. The third kappa shape index (κ3) is 3.04. The van der Waals surface area contributed by atoms with Crippen molar-refractivity contribution in [3.05, 3.63) is 36.4 Å². The van der Waals surface area contributed by atoms with Crippen LogP contribution in [0, 0.1) is 0 Å². The number of rotatable bonds is 6. The van der Waals surface area contributed by atoms with E-state index in [9.17, 15) is 0 Å². The van der Waals surface area contributed by atoms with E-state index in [0.29, 0.717) is 13.2 Å². The van der Waals surface area contributed by atoms with E-state index < -0.39 is 8.56 Å². The van der Waals surface area contributed by atoms with Crippen LogP contribution in [0.2, 0.25) is 6.55 Å². The Labute approximate surface area is 99.2 Å². The molecule has 0 N–H and O–H groups in total. The van der Waals surface area contributed by atoms with Gasteiger partial charge in [-0.3, -0.25) is 0 Å². The molecule has 1 aromatic carbocycles. The van der Waals surface area contributed by atoms with Crippen molar-refractivity contribution in [2.45, 2.75) is 20.4 Å². The third-order valence-electron chi connectivity index (χ3n) is 2.51. The summed E-state index contributed by atoms with van der Waals surface area (Å²) in [7, 11) is -2.20. The fourth-order valence-corrected chi connectivity index (χ4v) is 3.97. The minimum atomic E-state index is -2.20. The number of hydrogen-bond acceptors (Lipinski definition) is 2. The SMILES string of the molecule is C=Cc1ccc([Si](C)(OCC)OCC)cc1. The fraction of sp³-hybridized carbons (Fsp3) is 0.385. The Morgan fingerprint density at radius 2 is 1.62 bits per heavy atom. The summed E-state index contributed by atoms with van der Waals surface area (Å²) in [6, 6.07) is 8.25. The summed E-state index contributed by atoms with van der Waals surface area (Å²) < 4.78 is 11.6. The normalized spacial score (nSPS) is 11.4. The molecule has 0 saturated carbocycles. The Balaban J connectivity index is 2.95. The molecule has 0 aliphatic heterocycles. The molecule has 16 heavy (non-hydrogen) atoms. The van der Waals surface area contributed by atoms with Gasteiger partial charge in [-0.2, -0.15) is 0 Å². The largest absolute Gasteiger partial charge is 0.391 e. The average Bonchev–Trinajstić information content (AvgIpc) is 2.30. The Morgan fingerprint density at radius 1 is 1.12 bits per heavy atom. The number of benzene rings is 1. The second-order valence-corrected chi connectivity index (χ2v) is 6.68. The maximum Gasteiger partial charge on any atom is 0.369 e. The molecule has 1 rings (SSSR count). The molecule has 0 radical (unpaired) electrons. The Hall–Kier alpha value is -0.903. The molecular weight excluding hydrogens is 216 g/mol. The van der Waals surface area contributed by atoms with Gasteiger partial charge in [0.2, 0.25) is 0 Å². The van der Waals surface area contributed by atoms with E-state index in [1.807, 2.05) is 32.1 Å². The van der Waals surface area contributed by atoms with Crippen LogP contribution in [-0.2, 0) is 8.85 Å². The van der Waals surface area contributed by atoms with Crippen molar-refractivity contribution < 1.29 is 8.85 Å². The average molecular weight is 236 g/mol. The van der Waals surface area contributed by atoms with Crippen LogP contribution in [0.4, 0.5) is 0 Å². The molecule has 0 fully saturated rings. The first-order valence-electron chi connectivity index (χ1n) is 5.67. The van der Waals surface area contributed by atoms with E-state index >= 15 is 0 Å². The lowest BCUT2D eigenvalue weighted by molar-refractivity contribution is 0.202. The molecule has 3 heteroatoms. The van der Waals surface area contributed by atoms with Gasteiger partial charge in [-0.25, -0.2) is 0 Å². The van der Waals surface area contributed by atoms with Gasteiger partial charge < -0.3 is 8.85 Å². The lowest BCUT2D eigenvalue weighted by atomic mass is 10.2. The molecule has 0 unspecified atom stereocenters. The van der Waals surface area contributed by atoms with E-state index in [1.165, 1.54) is 5.19 Å². The second-order valence-electron chi connectivity index (χ2n) is 3.64. The molecule has 2 nitrogen and oxygen atoms in total. The predicted molar refractivity (Wildman–Crippen MR) is 71.0 cm³/mol. The van der Waals surface area contributed by atoms with E-state index in [-0.39, 0.29) is 0 Å². The molecule has 0 aliphatic carbocycles. The first-order valence-corrected chi connectivity index (χ1v) is 7.98. The van der Waals surface area contributed by atoms with Gasteiger partial charge in [-0.15, -0.1) is 0 Å². The maximum atomic E-state index is 5.82. The lowest BCUT2D eigenvalue weighted by Gasteiger charge is -2.26. The van der Waals surface area contributed by atoms with Crippen molar-refractivity contribution >= 4 is 19.8 Å². The Kier molecular flexibility index (Phi) is 4.93. The highest BCUT2D eigenvalue weighted by molar-refractivity contribution is 6.79. The van der Waals surface area contributed by atoms with Crippen molar-refractivity contribution in [3.63, 3.8) is 0 Å². The molecule has 0 saturated heterocycles. The van der Waals surface area contributed by atoms with Gasteiger partial charge in [0.25, 0.3) is 0 Å². The first kappa shape index (κ1) is 13.2. The van der Waals surface area contributed by atoms with Gasteiger partial charge in [0.15, 0.2) is 0 Å². The molecule has 0 bridgehead atoms. The summed E-state index contributed by atoms with van der Waals surface area (Å²) in [6.45, 7) is 11.2. The summed E-state index contributed by atoms with van der Waals surface area (Å²) in [4.78, 5) is 0. The summed E-state index contributed by atoms with van der Waals surface area (Å²) in [6.07, 6.45) is 1.84. The fourth-order valence-electron chi connectivity index (χ4n) is 1.68. The van der Waals surface area contributed by atoms with Gasteiger partial charge in [0.05, 0.1) is 0 Å². The maximum absolute atomic E-state index is 5.82. The van der Waals surface area contributed by atoms with Crippen LogP contribution in [0.5, 0.6) is 0 Å². The summed E-state index contributed by atoms with van der Waals surface area (Å²) in [5.74, 6) is 0. The highest BCUT2D eigenvalue weighted by Gasteiger charge is 2.33. The smallest absolute Gasteiger partial charge is 0.369 e. The summed E-state index contributed by atoms with van der Waals surface area (Å²) >= 11 is 0. The van der Waals surface area contributed by atoms with Crippen LogP contribution in [0.15, 0.2) is 30.8 Å². The summed E-state index contributed by atoms with van der Waals surface area (Å²) in [5.41, 5.74) is 1.12. The van der Waals surface area contributed by atoms with Crippen LogP contribution in [-0.4, -0.2) is 21.8 Å². The minimum absolute atomic E-state index is 0.686. The predicted octanol–water partition coefficient (Wildman–Crippen LogP) is 2.68. The van der Waals surface area contributed by atoms with Gasteiger partial charge in [0, 0.05) is 13.2 Å². The van der Waals surface area contributed by atoms with Gasteiger partial charge >= 0.3 is 8.56 Å². The van der Waals surface area contributed by atoms with E-state index in [2.05, 4.69) is 25.3 Å².